The third-order valence-corrected chi connectivity index (χ3v) is 3.89. The topological polar surface area (TPSA) is 46.1 Å². The van der Waals surface area contributed by atoms with Gasteiger partial charge in [-0.15, -0.1) is 24.0 Å². The van der Waals surface area contributed by atoms with Crippen molar-refractivity contribution < 1.29 is 13.9 Å². The molecule has 0 aliphatic carbocycles. The van der Waals surface area contributed by atoms with Crippen molar-refractivity contribution >= 4 is 29.9 Å². The van der Waals surface area contributed by atoms with Crippen molar-refractivity contribution in [2.45, 2.75) is 13.2 Å². The molecule has 0 atom stereocenters. The molecular weight excluding hydrogens is 460 g/mol. The van der Waals surface area contributed by atoms with Gasteiger partial charge in [-0.1, -0.05) is 30.3 Å². The van der Waals surface area contributed by atoms with Crippen LogP contribution in [-0.4, -0.2) is 45.2 Å². The number of nitrogens with one attached hydrogen (secondary N) is 1. The van der Waals surface area contributed by atoms with Crippen LogP contribution in [0, 0.1) is 5.82 Å². The van der Waals surface area contributed by atoms with Crippen LogP contribution in [0.3, 0.4) is 0 Å². The minimum absolute atomic E-state index is 0. The average molecular weight is 487 g/mol. The number of benzene rings is 2. The monoisotopic (exact) mass is 487 g/mol. The van der Waals surface area contributed by atoms with E-state index in [4.69, 9.17) is 9.47 Å². The predicted octanol–water partition coefficient (Wildman–Crippen LogP) is 3.68. The molecule has 7 heteroatoms. The van der Waals surface area contributed by atoms with E-state index in [9.17, 15) is 4.39 Å². The lowest BCUT2D eigenvalue weighted by Gasteiger charge is -2.22. The van der Waals surface area contributed by atoms with Crippen molar-refractivity contribution in [3.8, 4) is 5.75 Å². The smallest absolute Gasteiger partial charge is 0.193 e. The lowest BCUT2D eigenvalue weighted by Crippen LogP contribution is -2.39. The van der Waals surface area contributed by atoms with E-state index in [1.165, 1.54) is 12.1 Å². The number of para-hydroxylation sites is 1. The Labute approximate surface area is 177 Å². The van der Waals surface area contributed by atoms with E-state index in [0.717, 1.165) is 22.8 Å². The molecule has 5 nitrogen and oxygen atoms in total. The first-order valence-corrected chi connectivity index (χ1v) is 8.50. The summed E-state index contributed by atoms with van der Waals surface area (Å²) in [6.45, 7) is 2.31. The van der Waals surface area contributed by atoms with Crippen LogP contribution < -0.4 is 10.1 Å². The molecule has 0 saturated heterocycles. The second kappa shape index (κ2) is 12.5. The minimum Gasteiger partial charge on any atom is -0.496 e. The molecule has 0 radical (unpaired) electrons. The number of nitrogens with zero attached hydrogens (tertiary/aromatic N) is 2. The zero-order valence-electron chi connectivity index (χ0n) is 15.9. The summed E-state index contributed by atoms with van der Waals surface area (Å²) in [5, 5.41) is 3.26. The van der Waals surface area contributed by atoms with E-state index in [1.807, 2.05) is 36.2 Å². The van der Waals surface area contributed by atoms with Gasteiger partial charge < -0.3 is 19.7 Å². The highest BCUT2D eigenvalue weighted by molar-refractivity contribution is 14.0. The lowest BCUT2D eigenvalue weighted by atomic mass is 10.2. The van der Waals surface area contributed by atoms with Gasteiger partial charge in [-0.05, 0) is 23.8 Å². The van der Waals surface area contributed by atoms with Crippen LogP contribution in [0.15, 0.2) is 53.5 Å². The molecule has 148 valence electrons. The van der Waals surface area contributed by atoms with Crippen molar-refractivity contribution in [2.75, 3.05) is 34.4 Å². The highest BCUT2D eigenvalue weighted by Gasteiger charge is 2.07. The number of ether oxygens (including phenoxy) is 2. The number of methoxy groups -OCH3 is 1. The Morgan fingerprint density at radius 3 is 2.52 bits per heavy atom. The molecule has 0 aliphatic heterocycles. The van der Waals surface area contributed by atoms with E-state index >= 15 is 0 Å². The molecule has 0 aromatic heterocycles. The fourth-order valence-electron chi connectivity index (χ4n) is 2.56. The molecule has 27 heavy (non-hydrogen) atoms. The van der Waals surface area contributed by atoms with Crippen molar-refractivity contribution in [1.29, 1.82) is 0 Å². The number of aliphatic imine (C=N–C) groups is 1. The third-order valence-electron chi connectivity index (χ3n) is 3.89. The fourth-order valence-corrected chi connectivity index (χ4v) is 2.56. The molecule has 0 fully saturated rings. The highest BCUT2D eigenvalue weighted by Crippen LogP contribution is 2.17. The Bertz CT molecular complexity index is 711. The Morgan fingerprint density at radius 1 is 1.15 bits per heavy atom. The molecule has 0 saturated carbocycles. The first-order chi connectivity index (χ1) is 12.6. The number of guanidine groups is 1. The highest BCUT2D eigenvalue weighted by atomic mass is 127. The quantitative estimate of drug-likeness (QED) is 0.267. The number of rotatable bonds is 8. The third kappa shape index (κ3) is 7.72. The number of hydrogen-bond donors (Lipinski definition) is 1. The molecule has 2 rings (SSSR count). The normalized spacial score (nSPS) is 10.9. The summed E-state index contributed by atoms with van der Waals surface area (Å²) in [6, 6.07) is 14.3. The maximum absolute atomic E-state index is 13.0. The molecule has 0 bridgehead atoms. The molecule has 2 aromatic rings. The Hall–Kier alpha value is -1.87. The van der Waals surface area contributed by atoms with Gasteiger partial charge in [0.25, 0.3) is 0 Å². The maximum atomic E-state index is 13.0. The summed E-state index contributed by atoms with van der Waals surface area (Å²) < 4.78 is 24.0. The van der Waals surface area contributed by atoms with E-state index in [1.54, 1.807) is 26.3 Å². The molecular formula is C20H27FIN3O2. The summed E-state index contributed by atoms with van der Waals surface area (Å²) in [4.78, 5) is 6.25. The first kappa shape index (κ1) is 23.2. The number of halogens is 2. The van der Waals surface area contributed by atoms with Gasteiger partial charge in [0.15, 0.2) is 5.96 Å². The number of hydrogen-bond acceptors (Lipinski definition) is 3. The zero-order valence-corrected chi connectivity index (χ0v) is 18.3. The van der Waals surface area contributed by atoms with Gasteiger partial charge in [-0.3, -0.25) is 4.99 Å². The van der Waals surface area contributed by atoms with Crippen LogP contribution in [-0.2, 0) is 17.9 Å². The molecule has 0 spiro atoms. The van der Waals surface area contributed by atoms with Crippen LogP contribution in [0.25, 0.3) is 0 Å². The first-order valence-electron chi connectivity index (χ1n) is 8.50. The van der Waals surface area contributed by atoms with Gasteiger partial charge >= 0.3 is 0 Å². The van der Waals surface area contributed by atoms with Crippen LogP contribution in [0.1, 0.15) is 11.1 Å². The van der Waals surface area contributed by atoms with Crippen LogP contribution in [0.4, 0.5) is 4.39 Å². The summed E-state index contributed by atoms with van der Waals surface area (Å²) in [5.41, 5.74) is 2.04. The largest absolute Gasteiger partial charge is 0.496 e. The van der Waals surface area contributed by atoms with Crippen LogP contribution in [0.2, 0.25) is 0 Å². The minimum atomic E-state index is -0.230. The van der Waals surface area contributed by atoms with Crippen molar-refractivity contribution in [1.82, 2.24) is 10.2 Å². The van der Waals surface area contributed by atoms with Crippen molar-refractivity contribution in [3.05, 3.63) is 65.5 Å². The van der Waals surface area contributed by atoms with Crippen LogP contribution >= 0.6 is 24.0 Å². The molecule has 0 amide bonds. The molecule has 2 aromatic carbocycles. The van der Waals surface area contributed by atoms with Crippen molar-refractivity contribution in [3.63, 3.8) is 0 Å². The Balaban J connectivity index is 0.00000364. The second-order valence-corrected chi connectivity index (χ2v) is 5.82. The van der Waals surface area contributed by atoms with Crippen molar-refractivity contribution in [2.24, 2.45) is 4.99 Å². The predicted molar refractivity (Wildman–Crippen MR) is 117 cm³/mol. The van der Waals surface area contributed by atoms with Gasteiger partial charge in [0.05, 0.1) is 20.3 Å². The summed E-state index contributed by atoms with van der Waals surface area (Å²) in [7, 11) is 5.33. The maximum Gasteiger partial charge on any atom is 0.193 e. The average Bonchev–Trinajstić information content (AvgIpc) is 2.66. The Morgan fingerprint density at radius 2 is 1.85 bits per heavy atom. The molecule has 0 unspecified atom stereocenters. The zero-order chi connectivity index (χ0) is 18.8. The lowest BCUT2D eigenvalue weighted by molar-refractivity contribution is 0.123. The Kier molecular flexibility index (Phi) is 10.7. The fraction of sp³-hybridized carbons (Fsp3) is 0.350. The standard InChI is InChI=1S/C20H26FN3O2.HI/c1-22-20(24(2)14-16-8-10-18(21)11-9-16)23-12-13-26-15-17-6-4-5-7-19(17)25-3;/h4-11H,12-15H2,1-3H3,(H,22,23);1H. The van der Waals surface area contributed by atoms with E-state index in [2.05, 4.69) is 10.3 Å². The van der Waals surface area contributed by atoms with Gasteiger partial charge in [-0.2, -0.15) is 0 Å². The van der Waals surface area contributed by atoms with Gasteiger partial charge in [-0.25, -0.2) is 4.39 Å². The van der Waals surface area contributed by atoms with E-state index in [0.29, 0.717) is 26.3 Å². The van der Waals surface area contributed by atoms with Gasteiger partial charge in [0.1, 0.15) is 11.6 Å². The molecule has 1 N–H and O–H groups in total. The van der Waals surface area contributed by atoms with E-state index in [-0.39, 0.29) is 29.8 Å². The molecule has 0 aliphatic rings. The molecule has 0 heterocycles. The van der Waals surface area contributed by atoms with E-state index < -0.39 is 0 Å². The summed E-state index contributed by atoms with van der Waals surface area (Å²) >= 11 is 0. The van der Waals surface area contributed by atoms with Gasteiger partial charge in [0, 0.05) is 32.7 Å². The SMILES string of the molecule is CN=C(NCCOCc1ccccc1OC)N(C)Cc1ccc(F)cc1.I. The summed E-state index contributed by atoms with van der Waals surface area (Å²) in [5.74, 6) is 1.36. The van der Waals surface area contributed by atoms with Crippen LogP contribution in [0.5, 0.6) is 5.75 Å². The summed E-state index contributed by atoms with van der Waals surface area (Å²) in [6.07, 6.45) is 0. The second-order valence-electron chi connectivity index (χ2n) is 5.82. The van der Waals surface area contributed by atoms with Gasteiger partial charge in [0.2, 0.25) is 0 Å².